The lowest BCUT2D eigenvalue weighted by molar-refractivity contribution is -0.0361. The zero-order chi connectivity index (χ0) is 18.7. The van der Waals surface area contributed by atoms with Gasteiger partial charge in [0.1, 0.15) is 5.15 Å². The second kappa shape index (κ2) is 7.53. The molecule has 0 atom stereocenters. The zero-order valence-electron chi connectivity index (χ0n) is 14.1. The molecular formula is C16H18ClF2N5O2. The number of aromatic nitrogens is 4. The van der Waals surface area contributed by atoms with Crippen LogP contribution in [-0.2, 0) is 4.74 Å². The summed E-state index contributed by atoms with van der Waals surface area (Å²) in [7, 11) is 0. The largest absolute Gasteiger partial charge is 0.461 e. The third-order valence-electron chi connectivity index (χ3n) is 4.04. The van der Waals surface area contributed by atoms with E-state index in [4.69, 9.17) is 16.3 Å². The van der Waals surface area contributed by atoms with Crippen LogP contribution in [-0.4, -0.2) is 44.3 Å². The van der Waals surface area contributed by atoms with E-state index in [0.717, 1.165) is 0 Å². The number of halogens is 3. The summed E-state index contributed by atoms with van der Waals surface area (Å²) < 4.78 is 32.8. The highest BCUT2D eigenvalue weighted by Crippen LogP contribution is 2.34. The third kappa shape index (κ3) is 4.46. The first-order valence-electron chi connectivity index (χ1n) is 8.28. The van der Waals surface area contributed by atoms with Crippen LogP contribution < -0.4 is 5.32 Å². The summed E-state index contributed by atoms with van der Waals surface area (Å²) in [5, 5.41) is 7.33. The van der Waals surface area contributed by atoms with Gasteiger partial charge in [-0.1, -0.05) is 11.6 Å². The Morgan fingerprint density at radius 2 is 2.15 bits per heavy atom. The minimum absolute atomic E-state index is 0.144. The van der Waals surface area contributed by atoms with Crippen LogP contribution in [0.15, 0.2) is 18.3 Å². The molecule has 1 aliphatic rings. The average molecular weight is 386 g/mol. The molecule has 2 aromatic rings. The minimum Gasteiger partial charge on any atom is -0.461 e. The van der Waals surface area contributed by atoms with Crippen LogP contribution in [0.3, 0.4) is 0 Å². The van der Waals surface area contributed by atoms with Gasteiger partial charge in [0, 0.05) is 31.1 Å². The maximum Gasteiger partial charge on any atom is 0.358 e. The highest BCUT2D eigenvalue weighted by molar-refractivity contribution is 6.29. The molecule has 1 saturated carbocycles. The van der Waals surface area contributed by atoms with Gasteiger partial charge in [0.05, 0.1) is 6.61 Å². The minimum atomic E-state index is -2.60. The molecule has 1 N–H and O–H groups in total. The molecule has 0 amide bonds. The van der Waals surface area contributed by atoms with E-state index in [-0.39, 0.29) is 42.3 Å². The van der Waals surface area contributed by atoms with E-state index in [9.17, 15) is 13.6 Å². The lowest BCUT2D eigenvalue weighted by Crippen LogP contribution is -2.32. The molecule has 140 valence electrons. The van der Waals surface area contributed by atoms with Gasteiger partial charge in [0.15, 0.2) is 11.5 Å². The lowest BCUT2D eigenvalue weighted by Gasteiger charge is -2.28. The van der Waals surface area contributed by atoms with Crippen LogP contribution in [0.2, 0.25) is 5.15 Å². The highest BCUT2D eigenvalue weighted by atomic mass is 35.5. The van der Waals surface area contributed by atoms with Gasteiger partial charge in [-0.2, -0.15) is 10.1 Å². The molecule has 0 bridgehead atoms. The second-order valence-corrected chi connectivity index (χ2v) is 6.40. The van der Waals surface area contributed by atoms with Crippen molar-refractivity contribution in [3.63, 3.8) is 0 Å². The topological polar surface area (TPSA) is 81.9 Å². The van der Waals surface area contributed by atoms with Gasteiger partial charge in [-0.25, -0.2) is 23.2 Å². The Morgan fingerprint density at radius 1 is 1.42 bits per heavy atom. The van der Waals surface area contributed by atoms with Crippen LogP contribution in [0, 0.1) is 0 Å². The van der Waals surface area contributed by atoms with Gasteiger partial charge in [-0.3, -0.25) is 0 Å². The summed E-state index contributed by atoms with van der Waals surface area (Å²) in [5.41, 5.74) is 0.144. The molecule has 2 aromatic heterocycles. The van der Waals surface area contributed by atoms with Gasteiger partial charge in [0.25, 0.3) is 0 Å². The molecule has 0 saturated heterocycles. The van der Waals surface area contributed by atoms with Crippen molar-refractivity contribution in [2.45, 2.75) is 44.6 Å². The van der Waals surface area contributed by atoms with Crippen LogP contribution in [0.1, 0.15) is 43.1 Å². The first kappa shape index (κ1) is 18.5. The number of hydrogen-bond acceptors (Lipinski definition) is 6. The predicted molar refractivity (Wildman–Crippen MR) is 90.9 cm³/mol. The van der Waals surface area contributed by atoms with Crippen LogP contribution in [0.4, 0.5) is 14.7 Å². The molecule has 1 fully saturated rings. The fourth-order valence-electron chi connectivity index (χ4n) is 2.72. The number of alkyl halides is 2. The highest BCUT2D eigenvalue weighted by Gasteiger charge is 2.35. The molecule has 26 heavy (non-hydrogen) atoms. The summed E-state index contributed by atoms with van der Waals surface area (Å²) >= 11 is 6.04. The molecule has 7 nitrogen and oxygen atoms in total. The quantitative estimate of drug-likeness (QED) is 0.626. The van der Waals surface area contributed by atoms with Crippen molar-refractivity contribution in [1.29, 1.82) is 0 Å². The maximum absolute atomic E-state index is 13.3. The van der Waals surface area contributed by atoms with E-state index in [0.29, 0.717) is 18.7 Å². The monoisotopic (exact) mass is 385 g/mol. The molecule has 3 rings (SSSR count). The number of esters is 1. The lowest BCUT2D eigenvalue weighted by atomic mass is 9.92. The number of carbonyl (C=O) groups excluding carboxylic acids is 1. The van der Waals surface area contributed by atoms with Crippen LogP contribution in [0.25, 0.3) is 5.82 Å². The number of carbonyl (C=O) groups is 1. The Labute approximate surface area is 153 Å². The number of hydrogen-bond donors (Lipinski definition) is 1. The number of nitrogens with zero attached hydrogens (tertiary/aromatic N) is 4. The molecule has 0 radical (unpaired) electrons. The SMILES string of the molecule is CCOC(=O)c1ccn(-c2cc(Cl)nc(NC3CCC(F)(F)CC3)n2)n1. The summed E-state index contributed by atoms with van der Waals surface area (Å²) in [6, 6.07) is 2.85. The maximum atomic E-state index is 13.3. The van der Waals surface area contributed by atoms with E-state index < -0.39 is 11.9 Å². The van der Waals surface area contributed by atoms with Crippen LogP contribution in [0.5, 0.6) is 0 Å². The van der Waals surface area contributed by atoms with Gasteiger partial charge < -0.3 is 10.1 Å². The second-order valence-electron chi connectivity index (χ2n) is 6.01. The summed E-state index contributed by atoms with van der Waals surface area (Å²) in [6.07, 6.45) is 1.87. The molecule has 0 spiro atoms. The van der Waals surface area contributed by atoms with Crippen LogP contribution >= 0.6 is 11.6 Å². The van der Waals surface area contributed by atoms with Gasteiger partial charge >= 0.3 is 5.97 Å². The zero-order valence-corrected chi connectivity index (χ0v) is 14.8. The normalized spacial score (nSPS) is 17.1. The first-order valence-corrected chi connectivity index (χ1v) is 8.66. The van der Waals surface area contributed by atoms with Crippen molar-refractivity contribution in [2.75, 3.05) is 11.9 Å². The number of rotatable bonds is 5. The average Bonchev–Trinajstić information content (AvgIpc) is 3.07. The van der Waals surface area contributed by atoms with Gasteiger partial charge in [0.2, 0.25) is 11.9 Å². The Kier molecular flexibility index (Phi) is 5.36. The smallest absolute Gasteiger partial charge is 0.358 e. The van der Waals surface area contributed by atoms with Crippen molar-refractivity contribution in [3.05, 3.63) is 29.2 Å². The van der Waals surface area contributed by atoms with E-state index in [1.165, 1.54) is 16.8 Å². The van der Waals surface area contributed by atoms with E-state index in [1.807, 2.05) is 0 Å². The molecule has 1 aliphatic carbocycles. The molecule has 10 heteroatoms. The molecule has 0 aromatic carbocycles. The fraction of sp³-hybridized carbons (Fsp3) is 0.500. The standard InChI is InChI=1S/C16H18ClF2N5O2/c1-2-26-14(25)11-5-8-24(23-11)13-9-12(17)21-15(22-13)20-10-3-6-16(18,19)7-4-10/h5,8-10H,2-4,6-7H2,1H3,(H,20,21,22). The van der Waals surface area contributed by atoms with E-state index >= 15 is 0 Å². The Morgan fingerprint density at radius 3 is 2.85 bits per heavy atom. The third-order valence-corrected chi connectivity index (χ3v) is 4.23. The summed E-state index contributed by atoms with van der Waals surface area (Å²) in [6.45, 7) is 1.96. The number of ether oxygens (including phenoxy) is 1. The van der Waals surface area contributed by atoms with E-state index in [2.05, 4.69) is 20.4 Å². The van der Waals surface area contributed by atoms with Crippen molar-refractivity contribution in [1.82, 2.24) is 19.7 Å². The van der Waals surface area contributed by atoms with E-state index in [1.54, 1.807) is 13.1 Å². The van der Waals surface area contributed by atoms with Crippen molar-refractivity contribution in [3.8, 4) is 5.82 Å². The number of anilines is 1. The first-order chi connectivity index (χ1) is 12.4. The Balaban J connectivity index is 1.75. The fourth-order valence-corrected chi connectivity index (χ4v) is 2.90. The van der Waals surface area contributed by atoms with Gasteiger partial charge in [-0.05, 0) is 25.8 Å². The number of nitrogens with one attached hydrogen (secondary N) is 1. The summed E-state index contributed by atoms with van der Waals surface area (Å²) in [4.78, 5) is 20.1. The van der Waals surface area contributed by atoms with Crippen molar-refractivity contribution >= 4 is 23.5 Å². The molecule has 2 heterocycles. The molecule has 0 aliphatic heterocycles. The molecular weight excluding hydrogens is 368 g/mol. The Bertz CT molecular complexity index is 789. The van der Waals surface area contributed by atoms with Gasteiger partial charge in [-0.15, -0.1) is 0 Å². The Hall–Kier alpha value is -2.29. The van der Waals surface area contributed by atoms with Crippen molar-refractivity contribution in [2.24, 2.45) is 0 Å². The predicted octanol–water partition coefficient (Wildman–Crippen LogP) is 3.48. The molecule has 0 unspecified atom stereocenters. The van der Waals surface area contributed by atoms with Crippen molar-refractivity contribution < 1.29 is 18.3 Å². The summed E-state index contributed by atoms with van der Waals surface area (Å²) in [5.74, 6) is -2.55.